The molecule has 2 fully saturated rings. The topological polar surface area (TPSA) is 41.1 Å². The van der Waals surface area contributed by atoms with E-state index in [2.05, 4.69) is 10.6 Å². The number of anilines is 1. The van der Waals surface area contributed by atoms with Gasteiger partial charge in [-0.05, 0) is 49.1 Å². The second kappa shape index (κ2) is 5.38. The normalized spacial score (nSPS) is 27.6. The number of hydrogen-bond acceptors (Lipinski definition) is 1. The van der Waals surface area contributed by atoms with E-state index < -0.39 is 17.7 Å². The van der Waals surface area contributed by atoms with Gasteiger partial charge in [-0.15, -0.1) is 0 Å². The first kappa shape index (κ1) is 13.3. The Labute approximate surface area is 116 Å². The van der Waals surface area contributed by atoms with E-state index in [1.54, 1.807) is 0 Å². The Morgan fingerprint density at radius 3 is 2.75 bits per heavy atom. The first-order valence-electron chi connectivity index (χ1n) is 7.11. The maximum Gasteiger partial charge on any atom is 0.319 e. The lowest BCUT2D eigenvalue weighted by molar-refractivity contribution is 0.245. The summed E-state index contributed by atoms with van der Waals surface area (Å²) < 4.78 is 26.1. The average Bonchev–Trinajstić information content (AvgIpc) is 3.02. The first-order chi connectivity index (χ1) is 9.61. The standard InChI is InChI=1S/C15H18F2N2O/c16-12-3-4-14(13(17)7-12)19-15(20)18-8-11-6-9-1-2-10(11)5-9/h3-4,7,9-11H,1-2,5-6,8H2,(H2,18,19,20)/t9-,10+,11-/m0/s1. The van der Waals surface area contributed by atoms with Gasteiger partial charge in [0.05, 0.1) is 5.69 Å². The average molecular weight is 280 g/mol. The molecule has 1 aromatic rings. The van der Waals surface area contributed by atoms with Crippen LogP contribution in [0.3, 0.4) is 0 Å². The number of benzene rings is 1. The number of urea groups is 1. The molecule has 2 amide bonds. The van der Waals surface area contributed by atoms with Crippen LogP contribution in [0.15, 0.2) is 18.2 Å². The van der Waals surface area contributed by atoms with E-state index in [1.165, 1.54) is 31.7 Å². The maximum absolute atomic E-state index is 13.4. The van der Waals surface area contributed by atoms with Crippen LogP contribution < -0.4 is 10.6 Å². The Morgan fingerprint density at radius 1 is 1.25 bits per heavy atom. The molecule has 3 rings (SSSR count). The zero-order valence-corrected chi connectivity index (χ0v) is 11.2. The summed E-state index contributed by atoms with van der Waals surface area (Å²) in [4.78, 5) is 11.7. The Morgan fingerprint density at radius 2 is 2.10 bits per heavy atom. The van der Waals surface area contributed by atoms with Crippen LogP contribution >= 0.6 is 0 Å². The summed E-state index contributed by atoms with van der Waals surface area (Å²) in [7, 11) is 0. The molecule has 3 nitrogen and oxygen atoms in total. The van der Waals surface area contributed by atoms with Crippen LogP contribution in [0.2, 0.25) is 0 Å². The van der Waals surface area contributed by atoms with Crippen LogP contribution in [-0.4, -0.2) is 12.6 Å². The molecule has 2 aliphatic carbocycles. The molecule has 0 radical (unpaired) electrons. The van der Waals surface area contributed by atoms with Crippen molar-refractivity contribution in [3.63, 3.8) is 0 Å². The summed E-state index contributed by atoms with van der Waals surface area (Å²) >= 11 is 0. The highest BCUT2D eigenvalue weighted by Crippen LogP contribution is 2.47. The van der Waals surface area contributed by atoms with Crippen LogP contribution in [0.25, 0.3) is 0 Å². The summed E-state index contributed by atoms with van der Waals surface area (Å²) in [5.74, 6) is 0.709. The molecule has 2 bridgehead atoms. The molecule has 2 N–H and O–H groups in total. The Hall–Kier alpha value is -1.65. The van der Waals surface area contributed by atoms with E-state index in [0.29, 0.717) is 12.5 Å². The van der Waals surface area contributed by atoms with Gasteiger partial charge in [0.15, 0.2) is 0 Å². The smallest absolute Gasteiger partial charge is 0.319 e. The number of halogens is 2. The van der Waals surface area contributed by atoms with Gasteiger partial charge in [0.2, 0.25) is 0 Å². The fourth-order valence-corrected chi connectivity index (χ4v) is 3.61. The summed E-state index contributed by atoms with van der Waals surface area (Å²) in [5, 5.41) is 5.20. The van der Waals surface area contributed by atoms with Gasteiger partial charge in [0.25, 0.3) is 0 Å². The van der Waals surface area contributed by atoms with Gasteiger partial charge in [0, 0.05) is 12.6 Å². The van der Waals surface area contributed by atoms with E-state index in [0.717, 1.165) is 24.0 Å². The third kappa shape index (κ3) is 2.76. The summed E-state index contributed by atoms with van der Waals surface area (Å²) in [6, 6.07) is 2.67. The van der Waals surface area contributed by atoms with Crippen molar-refractivity contribution >= 4 is 11.7 Å². The molecule has 108 valence electrons. The van der Waals surface area contributed by atoms with Crippen LogP contribution in [0.1, 0.15) is 25.7 Å². The van der Waals surface area contributed by atoms with Gasteiger partial charge < -0.3 is 10.6 Å². The van der Waals surface area contributed by atoms with Crippen LogP contribution in [0.4, 0.5) is 19.3 Å². The third-order valence-corrected chi connectivity index (χ3v) is 4.59. The number of amides is 2. The SMILES string of the molecule is O=C(NC[C@@H]1C[C@H]2CC[C@@H]1C2)Nc1ccc(F)cc1F. The van der Waals surface area contributed by atoms with Crippen molar-refractivity contribution in [2.45, 2.75) is 25.7 Å². The molecule has 0 aliphatic heterocycles. The number of hydrogen-bond donors (Lipinski definition) is 2. The summed E-state index contributed by atoms with van der Waals surface area (Å²) in [6.07, 6.45) is 5.08. The van der Waals surface area contributed by atoms with Crippen LogP contribution in [-0.2, 0) is 0 Å². The lowest BCUT2D eigenvalue weighted by Gasteiger charge is -2.21. The van der Waals surface area contributed by atoms with Crippen molar-refractivity contribution in [1.29, 1.82) is 0 Å². The minimum Gasteiger partial charge on any atom is -0.338 e. The molecule has 0 spiro atoms. The summed E-state index contributed by atoms with van der Waals surface area (Å²) in [6.45, 7) is 0.635. The summed E-state index contributed by atoms with van der Waals surface area (Å²) in [5.41, 5.74) is -0.00292. The minimum atomic E-state index is -0.764. The molecule has 0 aromatic heterocycles. The number of fused-ring (bicyclic) bond motifs is 2. The molecule has 5 heteroatoms. The molecular formula is C15H18F2N2O. The van der Waals surface area contributed by atoms with Gasteiger partial charge in [0.1, 0.15) is 11.6 Å². The Balaban J connectivity index is 1.50. The quantitative estimate of drug-likeness (QED) is 0.874. The number of rotatable bonds is 3. The van der Waals surface area contributed by atoms with Crippen molar-refractivity contribution < 1.29 is 13.6 Å². The van der Waals surface area contributed by atoms with E-state index in [1.807, 2.05) is 0 Å². The molecular weight excluding hydrogens is 262 g/mol. The van der Waals surface area contributed by atoms with E-state index in [4.69, 9.17) is 0 Å². The van der Waals surface area contributed by atoms with Gasteiger partial charge >= 0.3 is 6.03 Å². The van der Waals surface area contributed by atoms with Crippen molar-refractivity contribution in [2.75, 3.05) is 11.9 Å². The van der Waals surface area contributed by atoms with Crippen molar-refractivity contribution in [3.05, 3.63) is 29.8 Å². The lowest BCUT2D eigenvalue weighted by atomic mass is 9.89. The molecule has 20 heavy (non-hydrogen) atoms. The zero-order valence-electron chi connectivity index (χ0n) is 11.2. The molecule has 0 saturated heterocycles. The molecule has 1 aromatic carbocycles. The Bertz CT molecular complexity index is 521. The van der Waals surface area contributed by atoms with Crippen molar-refractivity contribution in [1.82, 2.24) is 5.32 Å². The highest BCUT2D eigenvalue weighted by molar-refractivity contribution is 5.89. The van der Waals surface area contributed by atoms with Crippen molar-refractivity contribution in [3.8, 4) is 0 Å². The van der Waals surface area contributed by atoms with Crippen LogP contribution in [0.5, 0.6) is 0 Å². The van der Waals surface area contributed by atoms with Gasteiger partial charge in [-0.1, -0.05) is 6.42 Å². The lowest BCUT2D eigenvalue weighted by Crippen LogP contribution is -2.34. The van der Waals surface area contributed by atoms with Crippen LogP contribution in [0, 0.1) is 29.4 Å². The van der Waals surface area contributed by atoms with Gasteiger partial charge in [-0.2, -0.15) is 0 Å². The van der Waals surface area contributed by atoms with E-state index in [9.17, 15) is 13.6 Å². The predicted octanol–water partition coefficient (Wildman–Crippen LogP) is 3.52. The first-order valence-corrected chi connectivity index (χ1v) is 7.11. The minimum absolute atomic E-state index is 0.00292. The second-order valence-electron chi connectivity index (χ2n) is 5.89. The highest BCUT2D eigenvalue weighted by atomic mass is 19.1. The van der Waals surface area contributed by atoms with E-state index >= 15 is 0 Å². The molecule has 0 heterocycles. The van der Waals surface area contributed by atoms with Crippen molar-refractivity contribution in [2.24, 2.45) is 17.8 Å². The molecule has 3 atom stereocenters. The largest absolute Gasteiger partial charge is 0.338 e. The predicted molar refractivity (Wildman–Crippen MR) is 72.3 cm³/mol. The second-order valence-corrected chi connectivity index (χ2v) is 5.89. The van der Waals surface area contributed by atoms with Gasteiger partial charge in [-0.3, -0.25) is 0 Å². The molecule has 2 saturated carbocycles. The number of nitrogens with one attached hydrogen (secondary N) is 2. The number of carbonyl (C=O) groups is 1. The zero-order chi connectivity index (χ0) is 14.1. The highest BCUT2D eigenvalue weighted by Gasteiger charge is 2.39. The number of carbonyl (C=O) groups excluding carboxylic acids is 1. The molecule has 0 unspecified atom stereocenters. The fraction of sp³-hybridized carbons (Fsp3) is 0.533. The third-order valence-electron chi connectivity index (χ3n) is 4.59. The Kier molecular flexibility index (Phi) is 3.59. The monoisotopic (exact) mass is 280 g/mol. The molecule has 2 aliphatic rings. The van der Waals surface area contributed by atoms with Gasteiger partial charge in [-0.25, -0.2) is 13.6 Å². The maximum atomic E-state index is 13.4. The fourth-order valence-electron chi connectivity index (χ4n) is 3.61. The van der Waals surface area contributed by atoms with E-state index in [-0.39, 0.29) is 5.69 Å².